The van der Waals surface area contributed by atoms with Crippen molar-refractivity contribution in [2.75, 3.05) is 49.8 Å². The van der Waals surface area contributed by atoms with Crippen molar-refractivity contribution in [1.29, 1.82) is 0 Å². The molecule has 1 unspecified atom stereocenters. The molecule has 2 aromatic carbocycles. The molecular formula is C23H23N3O7. The van der Waals surface area contributed by atoms with Crippen LogP contribution in [0.5, 0.6) is 0 Å². The minimum atomic E-state index is -1.22. The van der Waals surface area contributed by atoms with Crippen molar-refractivity contribution in [3.63, 3.8) is 0 Å². The van der Waals surface area contributed by atoms with Gasteiger partial charge in [0.05, 0.1) is 44.0 Å². The fraction of sp³-hybridized carbons (Fsp3) is 0.304. The Hall–Kier alpha value is -3.76. The van der Waals surface area contributed by atoms with Crippen LogP contribution in [0.2, 0.25) is 0 Å². The minimum absolute atomic E-state index is 0.0139. The number of methoxy groups -OCH3 is 1. The van der Waals surface area contributed by atoms with E-state index in [9.17, 15) is 24.3 Å². The Morgan fingerprint density at radius 2 is 1.73 bits per heavy atom. The maximum atomic E-state index is 12.6. The van der Waals surface area contributed by atoms with Gasteiger partial charge in [-0.25, -0.2) is 4.79 Å². The van der Waals surface area contributed by atoms with Gasteiger partial charge in [0, 0.05) is 17.9 Å². The van der Waals surface area contributed by atoms with Crippen LogP contribution in [0.15, 0.2) is 48.5 Å². The first kappa shape index (κ1) is 22.4. The molecule has 0 spiro atoms. The third-order valence-corrected chi connectivity index (χ3v) is 5.52. The van der Waals surface area contributed by atoms with E-state index in [1.165, 1.54) is 12.0 Å². The van der Waals surface area contributed by atoms with Crippen molar-refractivity contribution in [3.8, 4) is 0 Å². The lowest BCUT2D eigenvalue weighted by molar-refractivity contribution is -0.125. The molecule has 4 rings (SSSR count). The molecule has 33 heavy (non-hydrogen) atoms. The topological polar surface area (TPSA) is 117 Å². The summed E-state index contributed by atoms with van der Waals surface area (Å²) in [5.41, 5.74) is 1.65. The third-order valence-electron chi connectivity index (χ3n) is 5.52. The molecule has 2 aromatic rings. The molecule has 0 radical (unpaired) electrons. The monoisotopic (exact) mass is 453 g/mol. The molecule has 0 aliphatic carbocycles. The van der Waals surface area contributed by atoms with E-state index in [2.05, 4.69) is 0 Å². The highest BCUT2D eigenvalue weighted by Crippen LogP contribution is 2.25. The average molecular weight is 453 g/mol. The fourth-order valence-corrected chi connectivity index (χ4v) is 3.88. The van der Waals surface area contributed by atoms with Crippen LogP contribution >= 0.6 is 0 Å². The molecular weight excluding hydrogens is 430 g/mol. The second kappa shape index (κ2) is 9.39. The lowest BCUT2D eigenvalue weighted by Gasteiger charge is -2.28. The Kier molecular flexibility index (Phi) is 6.38. The molecule has 2 aliphatic heterocycles. The number of nitrogens with zero attached hydrogens (tertiary/aromatic N) is 3. The first-order valence-electron chi connectivity index (χ1n) is 10.4. The maximum absolute atomic E-state index is 12.6. The molecule has 1 N–H and O–H groups in total. The Morgan fingerprint density at radius 1 is 1.09 bits per heavy atom. The van der Waals surface area contributed by atoms with E-state index in [4.69, 9.17) is 9.47 Å². The highest BCUT2D eigenvalue weighted by atomic mass is 16.5. The number of imide groups is 1. The van der Waals surface area contributed by atoms with Crippen molar-refractivity contribution in [2.24, 2.45) is 0 Å². The van der Waals surface area contributed by atoms with Crippen LogP contribution in [0.3, 0.4) is 0 Å². The predicted molar refractivity (Wildman–Crippen MR) is 117 cm³/mol. The molecule has 0 aromatic heterocycles. The number of amides is 4. The van der Waals surface area contributed by atoms with E-state index in [-0.39, 0.29) is 36.7 Å². The highest BCUT2D eigenvalue weighted by molar-refractivity contribution is 6.21. The number of hydrogen-bond acceptors (Lipinski definition) is 7. The number of fused-ring (bicyclic) bond motifs is 1. The van der Waals surface area contributed by atoms with Gasteiger partial charge in [-0.3, -0.25) is 24.2 Å². The van der Waals surface area contributed by atoms with E-state index in [0.717, 1.165) is 4.90 Å². The number of rotatable bonds is 6. The van der Waals surface area contributed by atoms with E-state index >= 15 is 0 Å². The zero-order valence-electron chi connectivity index (χ0n) is 18.0. The number of anilines is 2. The molecule has 1 atom stereocenters. The van der Waals surface area contributed by atoms with Gasteiger partial charge in [0.15, 0.2) is 0 Å². The number of aliphatic hydroxyl groups is 1. The van der Waals surface area contributed by atoms with E-state index in [1.54, 1.807) is 53.4 Å². The summed E-state index contributed by atoms with van der Waals surface area (Å²) in [4.78, 5) is 53.3. The van der Waals surface area contributed by atoms with Crippen LogP contribution in [0.4, 0.5) is 16.2 Å². The largest absolute Gasteiger partial charge is 0.452 e. The van der Waals surface area contributed by atoms with Gasteiger partial charge in [-0.1, -0.05) is 12.1 Å². The summed E-state index contributed by atoms with van der Waals surface area (Å²) in [6.45, 7) is 0.389. The lowest BCUT2D eigenvalue weighted by Crippen LogP contribution is -2.44. The van der Waals surface area contributed by atoms with Crippen molar-refractivity contribution in [1.82, 2.24) is 4.90 Å². The fourth-order valence-electron chi connectivity index (χ4n) is 3.88. The summed E-state index contributed by atoms with van der Waals surface area (Å²) in [7, 11) is 1.21. The molecule has 2 heterocycles. The normalized spacial score (nSPS) is 16.6. The predicted octanol–water partition coefficient (Wildman–Crippen LogP) is 1.28. The van der Waals surface area contributed by atoms with Gasteiger partial charge in [0.25, 0.3) is 17.7 Å². The van der Waals surface area contributed by atoms with Crippen LogP contribution in [-0.2, 0) is 14.3 Å². The SMILES string of the molecule is COC(=O)N(CC(O)CN1C(=O)c2ccccc2C1=O)c1ccc(N2CCOCC2=O)cc1. The first-order chi connectivity index (χ1) is 15.9. The number of morpholine rings is 1. The molecule has 1 saturated heterocycles. The zero-order chi connectivity index (χ0) is 23.5. The molecule has 0 bridgehead atoms. The number of hydrogen-bond donors (Lipinski definition) is 1. The van der Waals surface area contributed by atoms with Crippen LogP contribution in [-0.4, -0.2) is 79.9 Å². The van der Waals surface area contributed by atoms with Crippen LogP contribution in [0, 0.1) is 0 Å². The molecule has 0 saturated carbocycles. The second-order valence-electron chi connectivity index (χ2n) is 7.62. The molecule has 1 fully saturated rings. The molecule has 172 valence electrons. The van der Waals surface area contributed by atoms with Crippen molar-refractivity contribution < 1.29 is 33.8 Å². The summed E-state index contributed by atoms with van der Waals surface area (Å²) in [5, 5.41) is 10.6. The van der Waals surface area contributed by atoms with Crippen LogP contribution in [0.25, 0.3) is 0 Å². The van der Waals surface area contributed by atoms with Gasteiger partial charge in [0.2, 0.25) is 0 Å². The van der Waals surface area contributed by atoms with Gasteiger partial charge in [-0.05, 0) is 36.4 Å². The van der Waals surface area contributed by atoms with E-state index < -0.39 is 24.0 Å². The van der Waals surface area contributed by atoms with E-state index in [1.807, 2.05) is 0 Å². The number of ether oxygens (including phenoxy) is 2. The summed E-state index contributed by atoms with van der Waals surface area (Å²) in [6.07, 6.45) is -1.93. The molecule has 10 nitrogen and oxygen atoms in total. The third kappa shape index (κ3) is 4.43. The lowest BCUT2D eigenvalue weighted by atomic mass is 10.1. The van der Waals surface area contributed by atoms with Crippen LogP contribution < -0.4 is 9.80 Å². The molecule has 10 heteroatoms. The van der Waals surface area contributed by atoms with E-state index in [0.29, 0.717) is 24.5 Å². The standard InChI is InChI=1S/C23H23N3O7/c1-32-23(31)25(16-8-6-15(7-9-16)24-10-11-33-14-20(24)28)12-17(27)13-26-21(29)18-4-2-3-5-19(18)22(26)30/h2-9,17,27H,10-14H2,1H3. The highest BCUT2D eigenvalue weighted by Gasteiger charge is 2.36. The summed E-state index contributed by atoms with van der Waals surface area (Å²) in [6, 6.07) is 13.1. The Morgan fingerprint density at radius 3 is 2.30 bits per heavy atom. The van der Waals surface area contributed by atoms with Crippen molar-refractivity contribution >= 4 is 35.2 Å². The van der Waals surface area contributed by atoms with Gasteiger partial charge in [0.1, 0.15) is 6.61 Å². The van der Waals surface area contributed by atoms with Gasteiger partial charge < -0.3 is 19.5 Å². The quantitative estimate of drug-likeness (QED) is 0.655. The van der Waals surface area contributed by atoms with Gasteiger partial charge in [-0.2, -0.15) is 0 Å². The number of β-amino-alcohol motifs (C(OH)–C–C–N with tert-alkyl or cyclic N) is 1. The molecule has 2 aliphatic rings. The summed E-state index contributed by atoms with van der Waals surface area (Å²) in [5.74, 6) is -1.13. The smallest absolute Gasteiger partial charge is 0.414 e. The van der Waals surface area contributed by atoms with Crippen LogP contribution in [0.1, 0.15) is 20.7 Å². The van der Waals surface area contributed by atoms with Gasteiger partial charge in [-0.15, -0.1) is 0 Å². The summed E-state index contributed by atoms with van der Waals surface area (Å²) >= 11 is 0. The number of benzene rings is 2. The Labute approximate surface area is 189 Å². The average Bonchev–Trinajstić information content (AvgIpc) is 3.07. The maximum Gasteiger partial charge on any atom is 0.414 e. The first-order valence-corrected chi connectivity index (χ1v) is 10.4. The Balaban J connectivity index is 1.47. The second-order valence-corrected chi connectivity index (χ2v) is 7.62. The van der Waals surface area contributed by atoms with Gasteiger partial charge >= 0.3 is 6.09 Å². The number of carbonyl (C=O) groups excluding carboxylic acids is 4. The minimum Gasteiger partial charge on any atom is -0.452 e. The number of aliphatic hydroxyl groups excluding tert-OH is 1. The summed E-state index contributed by atoms with van der Waals surface area (Å²) < 4.78 is 9.98. The van der Waals surface area contributed by atoms with Crippen molar-refractivity contribution in [3.05, 3.63) is 59.7 Å². The van der Waals surface area contributed by atoms with Crippen molar-refractivity contribution in [2.45, 2.75) is 6.10 Å². The zero-order valence-corrected chi connectivity index (χ0v) is 18.0. The molecule has 4 amide bonds. The Bertz CT molecular complexity index is 1050. The number of carbonyl (C=O) groups is 4.